The van der Waals surface area contributed by atoms with Gasteiger partial charge in [0.1, 0.15) is 5.82 Å². The molecule has 0 saturated carbocycles. The molecular formula is C18H20N4S. The standard InChI is InChI=1S/C18H20N4S/c1-11-8-15-16(9-12(11)2)22(10-13(3)17(19)23)18(21-15)14-4-6-20-7-5-14/h4-9,13H,10H2,1-3H3,(H2,19,23). The summed E-state index contributed by atoms with van der Waals surface area (Å²) < 4.78 is 2.21. The topological polar surface area (TPSA) is 56.7 Å². The zero-order chi connectivity index (χ0) is 16.6. The second-order valence-electron chi connectivity index (χ2n) is 6.01. The summed E-state index contributed by atoms with van der Waals surface area (Å²) in [4.78, 5) is 9.47. The van der Waals surface area contributed by atoms with Crippen molar-refractivity contribution in [2.24, 2.45) is 11.7 Å². The van der Waals surface area contributed by atoms with Gasteiger partial charge in [0.15, 0.2) is 0 Å². The van der Waals surface area contributed by atoms with Crippen LogP contribution in [-0.4, -0.2) is 19.5 Å². The Balaban J connectivity index is 2.23. The van der Waals surface area contributed by atoms with Gasteiger partial charge in [0.05, 0.1) is 16.0 Å². The van der Waals surface area contributed by atoms with Crippen molar-refractivity contribution in [3.05, 3.63) is 47.8 Å². The minimum atomic E-state index is 0.101. The minimum Gasteiger partial charge on any atom is -0.393 e. The first-order chi connectivity index (χ1) is 11.0. The van der Waals surface area contributed by atoms with E-state index in [1.165, 1.54) is 11.1 Å². The Morgan fingerprint density at radius 1 is 1.22 bits per heavy atom. The van der Waals surface area contributed by atoms with Gasteiger partial charge in [0.25, 0.3) is 0 Å². The van der Waals surface area contributed by atoms with Gasteiger partial charge in [0.2, 0.25) is 0 Å². The zero-order valence-corrected chi connectivity index (χ0v) is 14.4. The highest BCUT2D eigenvalue weighted by molar-refractivity contribution is 7.80. The minimum absolute atomic E-state index is 0.101. The Labute approximate surface area is 141 Å². The van der Waals surface area contributed by atoms with Gasteiger partial charge in [-0.15, -0.1) is 0 Å². The maximum absolute atomic E-state index is 5.83. The summed E-state index contributed by atoms with van der Waals surface area (Å²) in [5.74, 6) is 1.03. The molecular weight excluding hydrogens is 304 g/mol. The van der Waals surface area contributed by atoms with Crippen molar-refractivity contribution in [3.63, 3.8) is 0 Å². The number of nitrogens with zero attached hydrogens (tertiary/aromatic N) is 3. The van der Waals surface area contributed by atoms with Crippen molar-refractivity contribution in [3.8, 4) is 11.4 Å². The van der Waals surface area contributed by atoms with E-state index in [0.717, 1.165) is 22.4 Å². The van der Waals surface area contributed by atoms with E-state index >= 15 is 0 Å². The molecule has 2 heterocycles. The molecule has 2 aromatic heterocycles. The number of aromatic nitrogens is 3. The van der Waals surface area contributed by atoms with Gasteiger partial charge in [-0.05, 0) is 49.2 Å². The smallest absolute Gasteiger partial charge is 0.141 e. The lowest BCUT2D eigenvalue weighted by Gasteiger charge is -2.14. The number of rotatable bonds is 4. The Hall–Kier alpha value is -2.27. The predicted octanol–water partition coefficient (Wildman–Crippen LogP) is 3.64. The Morgan fingerprint density at radius 3 is 2.52 bits per heavy atom. The van der Waals surface area contributed by atoms with E-state index in [9.17, 15) is 0 Å². The van der Waals surface area contributed by atoms with Gasteiger partial charge >= 0.3 is 0 Å². The summed E-state index contributed by atoms with van der Waals surface area (Å²) in [7, 11) is 0. The first-order valence-electron chi connectivity index (χ1n) is 7.64. The monoisotopic (exact) mass is 324 g/mol. The summed E-state index contributed by atoms with van der Waals surface area (Å²) in [6.45, 7) is 6.99. The van der Waals surface area contributed by atoms with Crippen LogP contribution in [0.3, 0.4) is 0 Å². The molecule has 0 amide bonds. The number of hydrogen-bond donors (Lipinski definition) is 1. The van der Waals surface area contributed by atoms with Crippen LogP contribution in [0.25, 0.3) is 22.4 Å². The SMILES string of the molecule is Cc1cc2nc(-c3ccncc3)n(CC(C)C(N)=S)c2cc1C. The first-order valence-corrected chi connectivity index (χ1v) is 8.05. The highest BCUT2D eigenvalue weighted by Gasteiger charge is 2.16. The lowest BCUT2D eigenvalue weighted by Crippen LogP contribution is -2.23. The molecule has 23 heavy (non-hydrogen) atoms. The molecule has 0 aliphatic heterocycles. The van der Waals surface area contributed by atoms with Crippen LogP contribution in [0.1, 0.15) is 18.1 Å². The van der Waals surface area contributed by atoms with Crippen LogP contribution >= 0.6 is 12.2 Å². The number of hydrogen-bond acceptors (Lipinski definition) is 3. The summed E-state index contributed by atoms with van der Waals surface area (Å²) in [6, 6.07) is 8.28. The van der Waals surface area contributed by atoms with Gasteiger partial charge in [-0.25, -0.2) is 4.98 Å². The van der Waals surface area contributed by atoms with Crippen LogP contribution in [-0.2, 0) is 6.54 Å². The van der Waals surface area contributed by atoms with Crippen LogP contribution in [0.4, 0.5) is 0 Å². The molecule has 0 saturated heterocycles. The molecule has 1 atom stereocenters. The molecule has 1 aromatic carbocycles. The second-order valence-corrected chi connectivity index (χ2v) is 6.48. The van der Waals surface area contributed by atoms with E-state index in [4.69, 9.17) is 22.9 Å². The molecule has 5 heteroatoms. The van der Waals surface area contributed by atoms with E-state index in [0.29, 0.717) is 11.5 Å². The number of fused-ring (bicyclic) bond motifs is 1. The summed E-state index contributed by atoms with van der Waals surface area (Å²) in [5, 5.41) is 0. The maximum atomic E-state index is 5.83. The number of imidazole rings is 1. The molecule has 0 radical (unpaired) electrons. The summed E-state index contributed by atoms with van der Waals surface area (Å²) >= 11 is 5.15. The number of pyridine rings is 1. The predicted molar refractivity (Wildman–Crippen MR) is 98.4 cm³/mol. The van der Waals surface area contributed by atoms with Crippen LogP contribution in [0.15, 0.2) is 36.7 Å². The lowest BCUT2D eigenvalue weighted by atomic mass is 10.1. The molecule has 0 spiro atoms. The third kappa shape index (κ3) is 2.97. The van der Waals surface area contributed by atoms with Crippen LogP contribution in [0.2, 0.25) is 0 Å². The fraction of sp³-hybridized carbons (Fsp3) is 0.278. The van der Waals surface area contributed by atoms with Gasteiger partial charge in [-0.2, -0.15) is 0 Å². The van der Waals surface area contributed by atoms with E-state index < -0.39 is 0 Å². The Morgan fingerprint density at radius 2 is 1.87 bits per heavy atom. The Kier molecular flexibility index (Phi) is 4.13. The number of nitrogens with two attached hydrogens (primary N) is 1. The van der Waals surface area contributed by atoms with Gasteiger partial charge in [-0.3, -0.25) is 4.98 Å². The van der Waals surface area contributed by atoms with Crippen LogP contribution < -0.4 is 5.73 Å². The third-order valence-corrected chi connectivity index (χ3v) is 4.65. The van der Waals surface area contributed by atoms with E-state index in [1.807, 2.05) is 19.1 Å². The molecule has 2 N–H and O–H groups in total. The zero-order valence-electron chi connectivity index (χ0n) is 13.6. The molecule has 0 bridgehead atoms. The van der Waals surface area contributed by atoms with Crippen molar-refractivity contribution in [2.45, 2.75) is 27.3 Å². The summed E-state index contributed by atoms with van der Waals surface area (Å²) in [5.41, 5.74) is 11.5. The highest BCUT2D eigenvalue weighted by Crippen LogP contribution is 2.27. The third-order valence-electron chi connectivity index (χ3n) is 4.24. The quantitative estimate of drug-likeness (QED) is 0.745. The fourth-order valence-electron chi connectivity index (χ4n) is 2.65. The molecule has 3 rings (SSSR count). The lowest BCUT2D eigenvalue weighted by molar-refractivity contribution is 0.617. The van der Waals surface area contributed by atoms with Gasteiger partial charge in [-0.1, -0.05) is 19.1 Å². The highest BCUT2D eigenvalue weighted by atomic mass is 32.1. The molecule has 4 nitrogen and oxygen atoms in total. The fourth-order valence-corrected chi connectivity index (χ4v) is 2.72. The normalized spacial score (nSPS) is 12.5. The second kappa shape index (κ2) is 6.08. The average Bonchev–Trinajstić information content (AvgIpc) is 2.86. The van der Waals surface area contributed by atoms with E-state index in [-0.39, 0.29) is 5.92 Å². The van der Waals surface area contributed by atoms with Crippen molar-refractivity contribution < 1.29 is 0 Å². The molecule has 118 valence electrons. The van der Waals surface area contributed by atoms with Crippen molar-refractivity contribution in [2.75, 3.05) is 0 Å². The van der Waals surface area contributed by atoms with Gasteiger partial charge < -0.3 is 10.3 Å². The number of aryl methyl sites for hydroxylation is 2. The largest absolute Gasteiger partial charge is 0.393 e. The van der Waals surface area contributed by atoms with Crippen molar-refractivity contribution in [1.82, 2.24) is 14.5 Å². The molecule has 0 fully saturated rings. The summed E-state index contributed by atoms with van der Waals surface area (Å²) in [6.07, 6.45) is 3.57. The van der Waals surface area contributed by atoms with Crippen LogP contribution in [0, 0.1) is 19.8 Å². The molecule has 0 aliphatic carbocycles. The molecule has 0 aliphatic rings. The number of thiocarbonyl (C=S) groups is 1. The molecule has 3 aromatic rings. The molecule has 1 unspecified atom stereocenters. The average molecular weight is 324 g/mol. The van der Waals surface area contributed by atoms with E-state index in [1.54, 1.807) is 12.4 Å². The van der Waals surface area contributed by atoms with Crippen LogP contribution in [0.5, 0.6) is 0 Å². The first kappa shape index (κ1) is 15.6. The van der Waals surface area contributed by atoms with Gasteiger partial charge in [0, 0.05) is 30.4 Å². The van der Waals surface area contributed by atoms with Crippen molar-refractivity contribution in [1.29, 1.82) is 0 Å². The van der Waals surface area contributed by atoms with Crippen molar-refractivity contribution >= 4 is 28.2 Å². The number of benzene rings is 1. The maximum Gasteiger partial charge on any atom is 0.141 e. The Bertz CT molecular complexity index is 868. The van der Waals surface area contributed by atoms with E-state index in [2.05, 4.69) is 35.5 Å².